The summed E-state index contributed by atoms with van der Waals surface area (Å²) in [6.45, 7) is 6.91. The molecule has 0 saturated carbocycles. The number of anilines is 1. The molecule has 118 valence electrons. The Bertz CT molecular complexity index is 371. The largest absolute Gasteiger partial charge is 0.371 e. The average Bonchev–Trinajstić information content (AvgIpc) is 2.54. The molecule has 0 aliphatic carbocycles. The normalized spacial score (nSPS) is 17.9. The number of pyridine rings is 1. The summed E-state index contributed by atoms with van der Waals surface area (Å²) in [6, 6.07) is 5.67. The van der Waals surface area contributed by atoms with Gasteiger partial charge in [0.25, 0.3) is 0 Å². The molecular formula is C18H31N3. The first-order valence-corrected chi connectivity index (χ1v) is 8.74. The number of hydrogen-bond donors (Lipinski definition) is 1. The third-order valence-electron chi connectivity index (χ3n) is 4.54. The summed E-state index contributed by atoms with van der Waals surface area (Å²) in [4.78, 5) is 6.59. The SMILES string of the molecule is CCCCC(CCC)NC1CCN(c2ccncc2)CC1. The van der Waals surface area contributed by atoms with Crippen LogP contribution in [-0.2, 0) is 0 Å². The van der Waals surface area contributed by atoms with Crippen LogP contribution in [0.25, 0.3) is 0 Å². The van der Waals surface area contributed by atoms with Crippen molar-refractivity contribution in [1.29, 1.82) is 0 Å². The summed E-state index contributed by atoms with van der Waals surface area (Å²) < 4.78 is 0. The van der Waals surface area contributed by atoms with Crippen molar-refractivity contribution in [2.45, 2.75) is 70.9 Å². The van der Waals surface area contributed by atoms with Crippen LogP contribution in [0.1, 0.15) is 58.8 Å². The highest BCUT2D eigenvalue weighted by Crippen LogP contribution is 2.20. The van der Waals surface area contributed by atoms with Crippen molar-refractivity contribution in [2.24, 2.45) is 0 Å². The minimum absolute atomic E-state index is 0.705. The lowest BCUT2D eigenvalue weighted by molar-refractivity contribution is 0.336. The number of nitrogens with one attached hydrogen (secondary N) is 1. The molecular weight excluding hydrogens is 258 g/mol. The monoisotopic (exact) mass is 289 g/mol. The summed E-state index contributed by atoms with van der Waals surface area (Å²) in [5, 5.41) is 3.92. The first-order valence-electron chi connectivity index (χ1n) is 8.74. The number of nitrogens with zero attached hydrogens (tertiary/aromatic N) is 2. The van der Waals surface area contributed by atoms with E-state index in [-0.39, 0.29) is 0 Å². The van der Waals surface area contributed by atoms with Gasteiger partial charge in [0.2, 0.25) is 0 Å². The Morgan fingerprint density at radius 3 is 2.48 bits per heavy atom. The van der Waals surface area contributed by atoms with E-state index in [0.717, 1.165) is 19.1 Å². The van der Waals surface area contributed by atoms with Gasteiger partial charge in [0, 0.05) is 43.3 Å². The topological polar surface area (TPSA) is 28.2 Å². The molecule has 0 spiro atoms. The average molecular weight is 289 g/mol. The molecule has 1 unspecified atom stereocenters. The van der Waals surface area contributed by atoms with E-state index in [0.29, 0.717) is 6.04 Å². The van der Waals surface area contributed by atoms with Crippen molar-refractivity contribution in [3.8, 4) is 0 Å². The van der Waals surface area contributed by atoms with Gasteiger partial charge in [-0.15, -0.1) is 0 Å². The molecule has 1 N–H and O–H groups in total. The quantitative estimate of drug-likeness (QED) is 0.784. The molecule has 0 bridgehead atoms. The predicted molar refractivity (Wildman–Crippen MR) is 90.8 cm³/mol. The maximum atomic E-state index is 4.10. The van der Waals surface area contributed by atoms with E-state index in [2.05, 4.69) is 41.2 Å². The van der Waals surface area contributed by atoms with Crippen molar-refractivity contribution in [3.05, 3.63) is 24.5 Å². The van der Waals surface area contributed by atoms with Gasteiger partial charge in [-0.05, 0) is 37.8 Å². The van der Waals surface area contributed by atoms with Crippen molar-refractivity contribution in [1.82, 2.24) is 10.3 Å². The highest BCUT2D eigenvalue weighted by atomic mass is 15.1. The maximum Gasteiger partial charge on any atom is 0.0397 e. The minimum atomic E-state index is 0.705. The lowest BCUT2D eigenvalue weighted by atomic mass is 9.99. The minimum Gasteiger partial charge on any atom is -0.371 e. The van der Waals surface area contributed by atoms with Crippen LogP contribution in [0.4, 0.5) is 5.69 Å². The molecule has 3 heteroatoms. The molecule has 0 amide bonds. The zero-order chi connectivity index (χ0) is 14.9. The summed E-state index contributed by atoms with van der Waals surface area (Å²) in [6.07, 6.45) is 12.9. The van der Waals surface area contributed by atoms with Gasteiger partial charge >= 0.3 is 0 Å². The summed E-state index contributed by atoms with van der Waals surface area (Å²) in [5.41, 5.74) is 1.32. The molecule has 1 fully saturated rings. The Labute approximate surface area is 130 Å². The highest BCUT2D eigenvalue weighted by Gasteiger charge is 2.21. The summed E-state index contributed by atoms with van der Waals surface area (Å²) in [5.74, 6) is 0. The molecule has 1 aliphatic rings. The van der Waals surface area contributed by atoms with E-state index < -0.39 is 0 Å². The molecule has 1 atom stereocenters. The maximum absolute atomic E-state index is 4.10. The fourth-order valence-corrected chi connectivity index (χ4v) is 3.30. The Balaban J connectivity index is 1.77. The zero-order valence-electron chi connectivity index (χ0n) is 13.7. The van der Waals surface area contributed by atoms with Crippen LogP contribution < -0.4 is 10.2 Å². The molecule has 1 aromatic heterocycles. The van der Waals surface area contributed by atoms with Gasteiger partial charge in [0.15, 0.2) is 0 Å². The predicted octanol–water partition coefficient (Wildman–Crippen LogP) is 4.00. The van der Waals surface area contributed by atoms with Gasteiger partial charge in [-0.3, -0.25) is 4.98 Å². The molecule has 2 heterocycles. The molecule has 1 saturated heterocycles. The second-order valence-corrected chi connectivity index (χ2v) is 6.26. The lowest BCUT2D eigenvalue weighted by Gasteiger charge is -2.36. The van der Waals surface area contributed by atoms with E-state index >= 15 is 0 Å². The van der Waals surface area contributed by atoms with Gasteiger partial charge in [-0.2, -0.15) is 0 Å². The second kappa shape index (κ2) is 9.04. The first-order chi connectivity index (χ1) is 10.3. The fraction of sp³-hybridized carbons (Fsp3) is 0.722. The number of aromatic nitrogens is 1. The Morgan fingerprint density at radius 2 is 1.86 bits per heavy atom. The van der Waals surface area contributed by atoms with Gasteiger partial charge in [0.05, 0.1) is 0 Å². The number of piperidine rings is 1. The molecule has 3 nitrogen and oxygen atoms in total. The van der Waals surface area contributed by atoms with Crippen molar-refractivity contribution in [2.75, 3.05) is 18.0 Å². The van der Waals surface area contributed by atoms with E-state index in [1.54, 1.807) is 0 Å². The van der Waals surface area contributed by atoms with Crippen LogP contribution in [0.3, 0.4) is 0 Å². The van der Waals surface area contributed by atoms with E-state index in [9.17, 15) is 0 Å². The zero-order valence-corrected chi connectivity index (χ0v) is 13.7. The molecule has 1 aliphatic heterocycles. The molecule has 1 aromatic rings. The number of hydrogen-bond acceptors (Lipinski definition) is 3. The van der Waals surface area contributed by atoms with Gasteiger partial charge in [0.1, 0.15) is 0 Å². The van der Waals surface area contributed by atoms with E-state index in [1.807, 2.05) is 12.4 Å². The van der Waals surface area contributed by atoms with Crippen LogP contribution in [0, 0.1) is 0 Å². The standard InChI is InChI=1S/C18H31N3/c1-3-5-7-16(6-4-2)20-17-10-14-21(15-11-17)18-8-12-19-13-9-18/h8-9,12-13,16-17,20H,3-7,10-11,14-15H2,1-2H3. The van der Waals surface area contributed by atoms with Crippen LogP contribution >= 0.6 is 0 Å². The smallest absolute Gasteiger partial charge is 0.0397 e. The van der Waals surface area contributed by atoms with Gasteiger partial charge < -0.3 is 10.2 Å². The number of rotatable bonds is 8. The van der Waals surface area contributed by atoms with Gasteiger partial charge in [-0.1, -0.05) is 33.1 Å². The molecule has 2 rings (SSSR count). The third kappa shape index (κ3) is 5.31. The lowest BCUT2D eigenvalue weighted by Crippen LogP contribution is -2.46. The Kier molecular flexibility index (Phi) is 7.01. The summed E-state index contributed by atoms with van der Waals surface area (Å²) >= 11 is 0. The fourth-order valence-electron chi connectivity index (χ4n) is 3.30. The van der Waals surface area contributed by atoms with E-state index in [4.69, 9.17) is 0 Å². The van der Waals surface area contributed by atoms with Crippen molar-refractivity contribution in [3.63, 3.8) is 0 Å². The van der Waals surface area contributed by atoms with E-state index in [1.165, 1.54) is 50.6 Å². The van der Waals surface area contributed by atoms with Crippen LogP contribution in [0.15, 0.2) is 24.5 Å². The second-order valence-electron chi connectivity index (χ2n) is 6.26. The van der Waals surface area contributed by atoms with Crippen molar-refractivity contribution < 1.29 is 0 Å². The third-order valence-corrected chi connectivity index (χ3v) is 4.54. The first kappa shape index (κ1) is 16.3. The summed E-state index contributed by atoms with van der Waals surface area (Å²) in [7, 11) is 0. The Hall–Kier alpha value is -1.09. The van der Waals surface area contributed by atoms with Crippen molar-refractivity contribution >= 4 is 5.69 Å². The molecule has 0 radical (unpaired) electrons. The van der Waals surface area contributed by atoms with Crippen LogP contribution in [0.5, 0.6) is 0 Å². The van der Waals surface area contributed by atoms with Crippen LogP contribution in [-0.4, -0.2) is 30.2 Å². The highest BCUT2D eigenvalue weighted by molar-refractivity contribution is 5.44. The Morgan fingerprint density at radius 1 is 1.14 bits per heavy atom. The van der Waals surface area contributed by atoms with Crippen LogP contribution in [0.2, 0.25) is 0 Å². The molecule has 21 heavy (non-hydrogen) atoms. The molecule has 0 aromatic carbocycles. The van der Waals surface area contributed by atoms with Gasteiger partial charge in [-0.25, -0.2) is 0 Å². The number of unbranched alkanes of at least 4 members (excludes halogenated alkanes) is 1.